The first-order valence-electron chi connectivity index (χ1n) is 8.66. The van der Waals surface area contributed by atoms with Gasteiger partial charge in [0.05, 0.1) is 11.8 Å². The topological polar surface area (TPSA) is 88.5 Å². The van der Waals surface area contributed by atoms with Crippen LogP contribution in [0.1, 0.15) is 25.6 Å². The van der Waals surface area contributed by atoms with E-state index in [1.165, 1.54) is 0 Å². The fourth-order valence-corrected chi connectivity index (χ4v) is 4.41. The molecular weight excluding hydrogens is 428 g/mol. The molecule has 0 saturated carbocycles. The number of imidazole rings is 1. The maximum atomic E-state index is 12.7. The van der Waals surface area contributed by atoms with Crippen LogP contribution in [0.25, 0.3) is 5.52 Å². The van der Waals surface area contributed by atoms with Crippen LogP contribution in [0.2, 0.25) is 5.15 Å². The molecule has 0 aromatic carbocycles. The van der Waals surface area contributed by atoms with Crippen molar-refractivity contribution in [3.63, 3.8) is 0 Å². The standard InChI is InChI=1S/C17H20ClF2N5OS2/c1-8(26)9-2-4-24(5-3-9)11-6-10(27)7-25-12(11)13(18)23-17(25)16(22)28-15(21)14(19)20/h6-9,14,21-22,26-27H,2-5H2,1H3. The number of hydrogen-bond donors (Lipinski definition) is 4. The SMILES string of the molecule is CC(O)C1CCN(c2cc(S)cn3c(C(=N)SC(=N)C(F)F)nc(Cl)c23)CC1. The molecule has 2 aromatic heterocycles. The number of nitrogens with zero attached hydrogens (tertiary/aromatic N) is 3. The molecule has 11 heteroatoms. The second-order valence-electron chi connectivity index (χ2n) is 6.69. The zero-order valence-electron chi connectivity index (χ0n) is 15.0. The lowest BCUT2D eigenvalue weighted by molar-refractivity contribution is 0.110. The number of anilines is 1. The van der Waals surface area contributed by atoms with Gasteiger partial charge in [0.25, 0.3) is 6.43 Å². The number of fused-ring (bicyclic) bond motifs is 1. The maximum Gasteiger partial charge on any atom is 0.285 e. The monoisotopic (exact) mass is 447 g/mol. The molecule has 0 radical (unpaired) electrons. The third-order valence-electron chi connectivity index (χ3n) is 4.83. The van der Waals surface area contributed by atoms with E-state index in [9.17, 15) is 13.9 Å². The van der Waals surface area contributed by atoms with Gasteiger partial charge in [0.1, 0.15) is 15.6 Å². The predicted octanol–water partition coefficient (Wildman–Crippen LogP) is 4.17. The summed E-state index contributed by atoms with van der Waals surface area (Å²) in [6.45, 7) is 3.25. The van der Waals surface area contributed by atoms with E-state index in [2.05, 4.69) is 22.5 Å². The maximum absolute atomic E-state index is 12.7. The number of aliphatic hydroxyl groups excluding tert-OH is 1. The molecular formula is C17H20ClF2N5OS2. The van der Waals surface area contributed by atoms with Crippen LogP contribution < -0.4 is 4.90 Å². The van der Waals surface area contributed by atoms with Crippen LogP contribution in [0.15, 0.2) is 17.2 Å². The molecule has 0 amide bonds. The summed E-state index contributed by atoms with van der Waals surface area (Å²) < 4.78 is 26.9. The summed E-state index contributed by atoms with van der Waals surface area (Å²) in [6.07, 6.45) is -0.0170. The van der Waals surface area contributed by atoms with Gasteiger partial charge in [-0.1, -0.05) is 11.6 Å². The van der Waals surface area contributed by atoms with Crippen LogP contribution in [0.4, 0.5) is 14.5 Å². The van der Waals surface area contributed by atoms with E-state index < -0.39 is 11.5 Å². The van der Waals surface area contributed by atoms with Gasteiger partial charge < -0.3 is 10.0 Å². The number of rotatable bonds is 4. The van der Waals surface area contributed by atoms with Gasteiger partial charge in [-0.3, -0.25) is 15.2 Å². The minimum atomic E-state index is -2.95. The first-order chi connectivity index (χ1) is 13.2. The number of thioether (sulfide) groups is 1. The second-order valence-corrected chi connectivity index (χ2v) is 8.62. The number of aliphatic hydroxyl groups is 1. The predicted molar refractivity (Wildman–Crippen MR) is 112 cm³/mol. The Morgan fingerprint density at radius 1 is 1.39 bits per heavy atom. The zero-order chi connectivity index (χ0) is 20.6. The van der Waals surface area contributed by atoms with E-state index in [1.807, 2.05) is 6.07 Å². The van der Waals surface area contributed by atoms with E-state index in [-0.39, 0.29) is 28.0 Å². The largest absolute Gasteiger partial charge is 0.393 e. The molecule has 6 nitrogen and oxygen atoms in total. The molecule has 152 valence electrons. The number of nitrogens with one attached hydrogen (secondary N) is 2. The zero-order valence-corrected chi connectivity index (χ0v) is 17.5. The highest BCUT2D eigenvalue weighted by molar-refractivity contribution is 8.26. The Bertz CT molecular complexity index is 913. The van der Waals surface area contributed by atoms with Gasteiger partial charge in [0.15, 0.2) is 11.0 Å². The molecule has 3 heterocycles. The number of halogens is 3. The van der Waals surface area contributed by atoms with Gasteiger partial charge >= 0.3 is 0 Å². The molecule has 1 aliphatic heterocycles. The van der Waals surface area contributed by atoms with E-state index in [0.717, 1.165) is 31.6 Å². The van der Waals surface area contributed by atoms with Crippen molar-refractivity contribution in [3.8, 4) is 0 Å². The Labute approximate surface area is 175 Å². The summed E-state index contributed by atoms with van der Waals surface area (Å²) in [6, 6.07) is 1.86. The molecule has 1 unspecified atom stereocenters. The highest BCUT2D eigenvalue weighted by atomic mass is 35.5. The number of piperidine rings is 1. The summed E-state index contributed by atoms with van der Waals surface area (Å²) >= 11 is 11.1. The molecule has 1 saturated heterocycles. The fraction of sp³-hybridized carbons (Fsp3) is 0.471. The van der Waals surface area contributed by atoms with Crippen molar-refractivity contribution in [1.82, 2.24) is 9.38 Å². The summed E-state index contributed by atoms with van der Waals surface area (Å²) in [5.74, 6) is 0.332. The van der Waals surface area contributed by atoms with Gasteiger partial charge in [-0.25, -0.2) is 13.8 Å². The van der Waals surface area contributed by atoms with E-state index in [1.54, 1.807) is 17.5 Å². The van der Waals surface area contributed by atoms with Crippen molar-refractivity contribution in [2.24, 2.45) is 5.92 Å². The number of hydrogen-bond acceptors (Lipinski definition) is 7. The van der Waals surface area contributed by atoms with Crippen molar-refractivity contribution in [2.75, 3.05) is 18.0 Å². The first-order valence-corrected chi connectivity index (χ1v) is 10.3. The average molecular weight is 448 g/mol. The van der Waals surface area contributed by atoms with Crippen molar-refractivity contribution in [2.45, 2.75) is 37.2 Å². The molecule has 2 aromatic rings. The molecule has 1 atom stereocenters. The molecule has 3 rings (SSSR count). The molecule has 0 spiro atoms. The van der Waals surface area contributed by atoms with Crippen molar-refractivity contribution < 1.29 is 13.9 Å². The Morgan fingerprint density at radius 2 is 2.04 bits per heavy atom. The van der Waals surface area contributed by atoms with Crippen molar-refractivity contribution >= 4 is 57.3 Å². The fourth-order valence-electron chi connectivity index (χ4n) is 3.36. The minimum Gasteiger partial charge on any atom is -0.393 e. The molecule has 0 aliphatic carbocycles. The van der Waals surface area contributed by atoms with Gasteiger partial charge in [-0.05, 0) is 43.5 Å². The smallest absolute Gasteiger partial charge is 0.285 e. The number of aromatic nitrogens is 2. The number of alkyl halides is 2. The third kappa shape index (κ3) is 4.29. The Hall–Kier alpha value is -1.36. The minimum absolute atomic E-state index is 0.0893. The summed E-state index contributed by atoms with van der Waals surface area (Å²) in [5, 5.41) is 24.1. The van der Waals surface area contributed by atoms with Crippen LogP contribution in [-0.4, -0.2) is 50.2 Å². The molecule has 28 heavy (non-hydrogen) atoms. The van der Waals surface area contributed by atoms with Gasteiger partial charge in [-0.2, -0.15) is 0 Å². The Balaban J connectivity index is 1.97. The van der Waals surface area contributed by atoms with Crippen molar-refractivity contribution in [1.29, 1.82) is 10.8 Å². The Morgan fingerprint density at radius 3 is 2.61 bits per heavy atom. The lowest BCUT2D eigenvalue weighted by atomic mass is 9.92. The van der Waals surface area contributed by atoms with Crippen LogP contribution in [0.3, 0.4) is 0 Å². The summed E-state index contributed by atoms with van der Waals surface area (Å²) in [4.78, 5) is 6.92. The number of thiol groups is 1. The van der Waals surface area contributed by atoms with Gasteiger partial charge in [0, 0.05) is 24.2 Å². The third-order valence-corrected chi connectivity index (χ3v) is 6.13. The highest BCUT2D eigenvalue weighted by Gasteiger charge is 2.27. The van der Waals surface area contributed by atoms with Crippen LogP contribution in [-0.2, 0) is 0 Å². The first kappa shape index (κ1) is 21.4. The average Bonchev–Trinajstić information content (AvgIpc) is 2.97. The van der Waals surface area contributed by atoms with Crippen LogP contribution in [0.5, 0.6) is 0 Å². The number of pyridine rings is 1. The summed E-state index contributed by atoms with van der Waals surface area (Å²) in [5.41, 5.74) is 1.36. The Kier molecular flexibility index (Phi) is 6.53. The van der Waals surface area contributed by atoms with Crippen molar-refractivity contribution in [3.05, 3.63) is 23.2 Å². The summed E-state index contributed by atoms with van der Waals surface area (Å²) in [7, 11) is 0. The lowest BCUT2D eigenvalue weighted by Gasteiger charge is -2.35. The molecule has 1 fully saturated rings. The van der Waals surface area contributed by atoms with E-state index >= 15 is 0 Å². The van der Waals surface area contributed by atoms with E-state index in [0.29, 0.717) is 22.2 Å². The normalized spacial score (nSPS) is 16.8. The van der Waals surface area contributed by atoms with Gasteiger partial charge in [-0.15, -0.1) is 12.6 Å². The lowest BCUT2D eigenvalue weighted by Crippen LogP contribution is -2.37. The van der Waals surface area contributed by atoms with Gasteiger partial charge in [0.2, 0.25) is 0 Å². The quantitative estimate of drug-likeness (QED) is 0.321. The molecule has 3 N–H and O–H groups in total. The molecule has 0 bridgehead atoms. The molecule has 1 aliphatic rings. The van der Waals surface area contributed by atoms with Crippen LogP contribution in [0, 0.1) is 16.7 Å². The van der Waals surface area contributed by atoms with E-state index in [4.69, 9.17) is 22.4 Å². The van der Waals surface area contributed by atoms with Crippen LogP contribution >= 0.6 is 36.0 Å². The highest BCUT2D eigenvalue weighted by Crippen LogP contribution is 2.35. The second kappa shape index (κ2) is 8.56.